The number of hydrogen-bond donors (Lipinski definition) is 0. The summed E-state index contributed by atoms with van der Waals surface area (Å²) in [5, 5.41) is 4.29. The molecule has 0 unspecified atom stereocenters. The molecule has 0 aliphatic carbocycles. The summed E-state index contributed by atoms with van der Waals surface area (Å²) in [7, 11) is 0. The minimum absolute atomic E-state index is 0.781. The SMILES string of the molecule is c1ccc(-c2cc(-c3ccccc3)c3oc4c(-c5cccc(-c6ccnc(-c7cc(-c8cccc(-c9cc(-c%10ccccc%10)cc%10c9oc9c(-c%11ccccc%11)cc(-c%11ccccc%11)cc9%10)c8)ccn7)c6)c5)cc(-c5ccccc5)cc4c3c2)cc1. The fourth-order valence-electron chi connectivity index (χ4n) is 12.5. The Morgan fingerprint density at radius 1 is 0.174 bits per heavy atom. The van der Waals surface area contributed by atoms with Gasteiger partial charge in [-0.1, -0.05) is 218 Å². The average molecular weight is 1100 g/mol. The summed E-state index contributed by atoms with van der Waals surface area (Å²) in [4.78, 5) is 9.89. The monoisotopic (exact) mass is 1100 g/mol. The molecule has 0 atom stereocenters. The van der Waals surface area contributed by atoms with Gasteiger partial charge in [-0.25, -0.2) is 0 Å². The zero-order chi connectivity index (χ0) is 56.9. The molecule has 16 aromatic rings. The van der Waals surface area contributed by atoms with Gasteiger partial charge in [-0.05, 0) is 174 Å². The first-order chi connectivity index (χ1) is 42.6. The van der Waals surface area contributed by atoms with E-state index in [1.54, 1.807) is 0 Å². The van der Waals surface area contributed by atoms with Crippen LogP contribution in [0.3, 0.4) is 0 Å². The molecule has 4 heteroatoms. The Morgan fingerprint density at radius 2 is 0.419 bits per heavy atom. The van der Waals surface area contributed by atoms with Gasteiger partial charge < -0.3 is 8.83 Å². The third-order valence-electron chi connectivity index (χ3n) is 16.7. The normalized spacial score (nSPS) is 11.5. The predicted octanol–water partition coefficient (Wildman–Crippen LogP) is 22.6. The summed E-state index contributed by atoms with van der Waals surface area (Å²) >= 11 is 0. The molecule has 0 aliphatic rings. The van der Waals surface area contributed by atoms with Crippen molar-refractivity contribution in [2.45, 2.75) is 0 Å². The van der Waals surface area contributed by atoms with Gasteiger partial charge in [0.25, 0.3) is 0 Å². The molecule has 0 N–H and O–H groups in total. The highest BCUT2D eigenvalue weighted by Gasteiger charge is 2.23. The predicted molar refractivity (Wildman–Crippen MR) is 356 cm³/mol. The molecular weight excluding hydrogens is 1040 g/mol. The van der Waals surface area contributed by atoms with Crippen molar-refractivity contribution in [3.05, 3.63) is 316 Å². The molecular formula is C82H52N2O2. The van der Waals surface area contributed by atoms with Crippen LogP contribution in [0.15, 0.2) is 325 Å². The minimum Gasteiger partial charge on any atom is -0.455 e. The van der Waals surface area contributed by atoms with Crippen LogP contribution in [0.4, 0.5) is 0 Å². The Hall–Kier alpha value is -11.5. The maximum atomic E-state index is 7.18. The van der Waals surface area contributed by atoms with Crippen molar-refractivity contribution in [1.82, 2.24) is 9.97 Å². The summed E-state index contributed by atoms with van der Waals surface area (Å²) < 4.78 is 14.4. The Labute approximate surface area is 498 Å². The topological polar surface area (TPSA) is 52.1 Å². The van der Waals surface area contributed by atoms with Crippen LogP contribution in [0.1, 0.15) is 0 Å². The van der Waals surface area contributed by atoms with E-state index < -0.39 is 0 Å². The Bertz CT molecular complexity index is 4860. The van der Waals surface area contributed by atoms with E-state index in [-0.39, 0.29) is 0 Å². The molecule has 4 nitrogen and oxygen atoms in total. The van der Waals surface area contributed by atoms with Crippen LogP contribution < -0.4 is 0 Å². The fraction of sp³-hybridized carbons (Fsp3) is 0. The van der Waals surface area contributed by atoms with Gasteiger partial charge in [0.15, 0.2) is 0 Å². The highest BCUT2D eigenvalue weighted by molar-refractivity contribution is 6.17. The summed E-state index contributed by atoms with van der Waals surface area (Å²) in [6.45, 7) is 0. The van der Waals surface area contributed by atoms with Crippen LogP contribution in [-0.4, -0.2) is 9.97 Å². The maximum Gasteiger partial charge on any atom is 0.143 e. The molecule has 12 aromatic carbocycles. The standard InChI is InChI=1S/C82H52N2O2/c1-7-21-53(22-8-1)65-43-69(57-29-15-5-16-30-57)79-73(47-65)75-49-67(55-25-11-3-12-26-55)45-71(81(75)85-79)63-35-19-33-59(41-63)61-37-39-83-77(51-61)78-52-62(38-40-84-78)60-34-20-36-64(42-60)72-46-68(56-27-13-4-14-28-56)50-76-74-48-66(54-23-9-2-10-24-54)44-70(80(74)86-82(72)76)58-31-17-6-18-32-58/h1-52H. The zero-order valence-electron chi connectivity index (χ0n) is 46.7. The smallest absolute Gasteiger partial charge is 0.143 e. The van der Waals surface area contributed by atoms with Gasteiger partial charge in [-0.2, -0.15) is 0 Å². The highest BCUT2D eigenvalue weighted by atomic mass is 16.3. The van der Waals surface area contributed by atoms with Crippen LogP contribution in [0, 0.1) is 0 Å². The second-order valence-corrected chi connectivity index (χ2v) is 22.0. The molecule has 0 amide bonds. The maximum absolute atomic E-state index is 7.18. The molecule has 0 fully saturated rings. The zero-order valence-corrected chi connectivity index (χ0v) is 46.7. The summed E-state index contributed by atoms with van der Waals surface area (Å²) in [6, 6.07) is 108. The van der Waals surface area contributed by atoms with Crippen molar-refractivity contribution in [3.63, 3.8) is 0 Å². The van der Waals surface area contributed by atoms with Gasteiger partial charge in [0.05, 0.1) is 11.4 Å². The third kappa shape index (κ3) is 9.23. The number of benzene rings is 12. The van der Waals surface area contributed by atoms with Crippen molar-refractivity contribution in [1.29, 1.82) is 0 Å². The second-order valence-electron chi connectivity index (χ2n) is 22.0. The number of aromatic nitrogens is 2. The number of fused-ring (bicyclic) bond motifs is 6. The van der Waals surface area contributed by atoms with Crippen molar-refractivity contribution >= 4 is 43.9 Å². The first-order valence-electron chi connectivity index (χ1n) is 29.2. The van der Waals surface area contributed by atoms with Crippen molar-refractivity contribution in [3.8, 4) is 123 Å². The fourth-order valence-corrected chi connectivity index (χ4v) is 12.5. The van der Waals surface area contributed by atoms with Crippen LogP contribution in [0.25, 0.3) is 167 Å². The Morgan fingerprint density at radius 3 is 0.721 bits per heavy atom. The molecule has 4 aromatic heterocycles. The van der Waals surface area contributed by atoms with Gasteiger partial charge in [0.2, 0.25) is 0 Å². The average Bonchev–Trinajstić information content (AvgIpc) is 2.55. The molecule has 0 radical (unpaired) electrons. The lowest BCUT2D eigenvalue weighted by Gasteiger charge is -2.11. The Kier molecular flexibility index (Phi) is 12.5. The lowest BCUT2D eigenvalue weighted by molar-refractivity contribution is 0.671. The molecule has 0 aliphatic heterocycles. The molecule has 4 heterocycles. The van der Waals surface area contributed by atoms with Crippen molar-refractivity contribution in [2.24, 2.45) is 0 Å². The van der Waals surface area contributed by atoms with Gasteiger partial charge in [-0.15, -0.1) is 0 Å². The van der Waals surface area contributed by atoms with Gasteiger partial charge >= 0.3 is 0 Å². The number of hydrogen-bond acceptors (Lipinski definition) is 4. The molecule has 16 rings (SSSR count). The van der Waals surface area contributed by atoms with E-state index in [1.807, 2.05) is 12.4 Å². The van der Waals surface area contributed by atoms with E-state index in [0.717, 1.165) is 167 Å². The quantitative estimate of drug-likeness (QED) is 0.130. The molecule has 86 heavy (non-hydrogen) atoms. The molecule has 0 bridgehead atoms. The van der Waals surface area contributed by atoms with Gasteiger partial charge in [-0.3, -0.25) is 9.97 Å². The minimum atomic E-state index is 0.781. The van der Waals surface area contributed by atoms with E-state index >= 15 is 0 Å². The molecule has 0 saturated carbocycles. The number of rotatable bonds is 11. The lowest BCUT2D eigenvalue weighted by Crippen LogP contribution is -1.90. The van der Waals surface area contributed by atoms with E-state index in [4.69, 9.17) is 18.8 Å². The Balaban J connectivity index is 0.786. The lowest BCUT2D eigenvalue weighted by atomic mass is 9.92. The first-order valence-corrected chi connectivity index (χ1v) is 29.2. The number of furan rings is 2. The molecule has 402 valence electrons. The number of nitrogens with zero attached hydrogens (tertiary/aromatic N) is 2. The van der Waals surface area contributed by atoms with Gasteiger partial charge in [0.1, 0.15) is 22.3 Å². The van der Waals surface area contributed by atoms with E-state index in [1.165, 1.54) is 0 Å². The highest BCUT2D eigenvalue weighted by Crippen LogP contribution is 2.47. The summed E-state index contributed by atoms with van der Waals surface area (Å²) in [5.74, 6) is 0. The first kappa shape index (κ1) is 50.3. The number of pyridine rings is 2. The van der Waals surface area contributed by atoms with E-state index in [0.29, 0.717) is 0 Å². The van der Waals surface area contributed by atoms with E-state index in [9.17, 15) is 0 Å². The van der Waals surface area contributed by atoms with Crippen molar-refractivity contribution in [2.75, 3.05) is 0 Å². The molecule has 0 saturated heterocycles. The van der Waals surface area contributed by atoms with Crippen LogP contribution >= 0.6 is 0 Å². The van der Waals surface area contributed by atoms with Crippen molar-refractivity contribution < 1.29 is 8.83 Å². The largest absolute Gasteiger partial charge is 0.455 e. The summed E-state index contributed by atoms with van der Waals surface area (Å²) in [5.41, 5.74) is 26.7. The van der Waals surface area contributed by atoms with Crippen LogP contribution in [-0.2, 0) is 0 Å². The van der Waals surface area contributed by atoms with Crippen LogP contribution in [0.2, 0.25) is 0 Å². The second kappa shape index (κ2) is 21.4. The van der Waals surface area contributed by atoms with Crippen LogP contribution in [0.5, 0.6) is 0 Å². The third-order valence-corrected chi connectivity index (χ3v) is 16.7. The van der Waals surface area contributed by atoms with E-state index in [2.05, 4.69) is 303 Å². The van der Waals surface area contributed by atoms with Gasteiger partial charge in [0, 0.05) is 56.2 Å². The molecule has 0 spiro atoms. The summed E-state index contributed by atoms with van der Waals surface area (Å²) in [6.07, 6.45) is 3.78.